The second-order valence-corrected chi connectivity index (χ2v) is 4.32. The Bertz CT molecular complexity index is 486. The molecule has 0 saturated carbocycles. The molecule has 90 valence electrons. The fourth-order valence-electron chi connectivity index (χ4n) is 1.61. The van der Waals surface area contributed by atoms with Crippen LogP contribution in [0, 0.1) is 5.92 Å². The second kappa shape index (κ2) is 4.95. The number of aldehydes is 1. The summed E-state index contributed by atoms with van der Waals surface area (Å²) in [6.45, 7) is 5.02. The van der Waals surface area contributed by atoms with Crippen LogP contribution < -0.4 is 0 Å². The first-order valence-corrected chi connectivity index (χ1v) is 5.65. The Balaban J connectivity index is 2.33. The molecule has 2 rings (SSSR count). The zero-order valence-electron chi connectivity index (χ0n) is 9.96. The minimum atomic E-state index is 0.323. The molecule has 0 fully saturated rings. The van der Waals surface area contributed by atoms with Crippen LogP contribution in [0.2, 0.25) is 0 Å². The van der Waals surface area contributed by atoms with E-state index in [-0.39, 0.29) is 0 Å². The summed E-state index contributed by atoms with van der Waals surface area (Å²) in [6, 6.07) is 3.58. The maximum atomic E-state index is 10.9. The van der Waals surface area contributed by atoms with E-state index in [0.29, 0.717) is 29.4 Å². The van der Waals surface area contributed by atoms with Crippen LogP contribution in [-0.4, -0.2) is 21.3 Å². The number of hydrogen-bond donors (Lipinski definition) is 0. The van der Waals surface area contributed by atoms with E-state index in [1.807, 2.05) is 0 Å². The fourth-order valence-corrected chi connectivity index (χ4v) is 1.61. The van der Waals surface area contributed by atoms with Gasteiger partial charge in [-0.3, -0.25) is 4.79 Å². The highest BCUT2D eigenvalue weighted by atomic mass is 16.3. The molecule has 0 aliphatic carbocycles. The third-order valence-electron chi connectivity index (χ3n) is 2.55. The van der Waals surface area contributed by atoms with Gasteiger partial charge in [-0.25, -0.2) is 4.68 Å². The average molecular weight is 233 g/mol. The lowest BCUT2D eigenvalue weighted by Gasteiger charge is -2.06. The van der Waals surface area contributed by atoms with Crippen molar-refractivity contribution in [1.82, 2.24) is 15.0 Å². The van der Waals surface area contributed by atoms with Crippen molar-refractivity contribution in [2.75, 3.05) is 0 Å². The number of aromatic nitrogens is 3. The number of hydrogen-bond acceptors (Lipinski definition) is 4. The standard InChI is InChI=1S/C12H15N3O2/c1-9(2)5-6-15-12(10(8-16)13-14-15)11-4-3-7-17-11/h3-4,7-9H,5-6H2,1-2H3. The lowest BCUT2D eigenvalue weighted by Crippen LogP contribution is -2.05. The van der Waals surface area contributed by atoms with Gasteiger partial charge in [-0.15, -0.1) is 5.10 Å². The third-order valence-corrected chi connectivity index (χ3v) is 2.55. The Morgan fingerprint density at radius 1 is 1.53 bits per heavy atom. The van der Waals surface area contributed by atoms with Gasteiger partial charge >= 0.3 is 0 Å². The van der Waals surface area contributed by atoms with Crippen molar-refractivity contribution in [1.29, 1.82) is 0 Å². The van der Waals surface area contributed by atoms with Gasteiger partial charge < -0.3 is 4.42 Å². The first-order valence-electron chi connectivity index (χ1n) is 5.65. The predicted molar refractivity (Wildman–Crippen MR) is 62.6 cm³/mol. The van der Waals surface area contributed by atoms with Crippen LogP contribution in [0.25, 0.3) is 11.5 Å². The van der Waals surface area contributed by atoms with Crippen LogP contribution in [-0.2, 0) is 6.54 Å². The largest absolute Gasteiger partial charge is 0.463 e. The van der Waals surface area contributed by atoms with Gasteiger partial charge in [-0.2, -0.15) is 0 Å². The molecular formula is C12H15N3O2. The molecule has 0 saturated heterocycles. The Hall–Kier alpha value is -1.91. The molecule has 0 aromatic carbocycles. The third kappa shape index (κ3) is 2.43. The monoisotopic (exact) mass is 233 g/mol. The Morgan fingerprint density at radius 2 is 2.35 bits per heavy atom. The summed E-state index contributed by atoms with van der Waals surface area (Å²) in [4.78, 5) is 10.9. The Morgan fingerprint density at radius 3 is 2.94 bits per heavy atom. The lowest BCUT2D eigenvalue weighted by atomic mass is 10.1. The summed E-state index contributed by atoms with van der Waals surface area (Å²) in [5.41, 5.74) is 0.981. The van der Waals surface area contributed by atoms with Gasteiger partial charge in [0.25, 0.3) is 0 Å². The predicted octanol–water partition coefficient (Wildman–Crippen LogP) is 2.40. The van der Waals surface area contributed by atoms with Crippen LogP contribution in [0.1, 0.15) is 30.8 Å². The van der Waals surface area contributed by atoms with E-state index in [4.69, 9.17) is 4.42 Å². The van der Waals surface area contributed by atoms with Crippen LogP contribution in [0.3, 0.4) is 0 Å². The first-order chi connectivity index (χ1) is 8.22. The molecule has 2 heterocycles. The van der Waals surface area contributed by atoms with Gasteiger partial charge in [-0.05, 0) is 24.5 Å². The zero-order chi connectivity index (χ0) is 12.3. The normalized spacial score (nSPS) is 11.0. The molecule has 17 heavy (non-hydrogen) atoms. The number of furan rings is 1. The average Bonchev–Trinajstić information content (AvgIpc) is 2.94. The van der Waals surface area contributed by atoms with Crippen molar-refractivity contribution in [2.45, 2.75) is 26.8 Å². The van der Waals surface area contributed by atoms with E-state index < -0.39 is 0 Å². The summed E-state index contributed by atoms with van der Waals surface area (Å²) >= 11 is 0. The summed E-state index contributed by atoms with van der Waals surface area (Å²) in [5.74, 6) is 1.20. The maximum absolute atomic E-state index is 10.9. The molecule has 0 spiro atoms. The van der Waals surface area contributed by atoms with E-state index in [1.165, 1.54) is 0 Å². The molecular weight excluding hydrogens is 218 g/mol. The number of carbonyl (C=O) groups excluding carboxylic acids is 1. The molecule has 0 amide bonds. The Labute approximate surface area is 99.4 Å². The first kappa shape index (κ1) is 11.6. The molecule has 2 aromatic rings. The van der Waals surface area contributed by atoms with Gasteiger partial charge in [-0.1, -0.05) is 19.1 Å². The fraction of sp³-hybridized carbons (Fsp3) is 0.417. The molecule has 0 radical (unpaired) electrons. The van der Waals surface area contributed by atoms with Crippen molar-refractivity contribution < 1.29 is 9.21 Å². The molecule has 5 heteroatoms. The topological polar surface area (TPSA) is 60.9 Å². The molecule has 0 atom stereocenters. The van der Waals surface area contributed by atoms with E-state index in [1.54, 1.807) is 23.1 Å². The van der Waals surface area contributed by atoms with E-state index in [2.05, 4.69) is 24.2 Å². The summed E-state index contributed by atoms with van der Waals surface area (Å²) in [6.07, 6.45) is 3.26. The highest BCUT2D eigenvalue weighted by Gasteiger charge is 2.16. The number of carbonyl (C=O) groups is 1. The van der Waals surface area contributed by atoms with Crippen molar-refractivity contribution in [3.8, 4) is 11.5 Å². The van der Waals surface area contributed by atoms with Gasteiger partial charge in [0, 0.05) is 6.54 Å². The molecule has 0 aliphatic rings. The highest BCUT2D eigenvalue weighted by molar-refractivity contribution is 5.81. The minimum Gasteiger partial charge on any atom is -0.463 e. The van der Waals surface area contributed by atoms with E-state index in [9.17, 15) is 4.79 Å². The van der Waals surface area contributed by atoms with Crippen molar-refractivity contribution in [3.63, 3.8) is 0 Å². The van der Waals surface area contributed by atoms with Crippen LogP contribution in [0.15, 0.2) is 22.8 Å². The van der Waals surface area contributed by atoms with Gasteiger partial charge in [0.15, 0.2) is 17.7 Å². The van der Waals surface area contributed by atoms with Crippen LogP contribution in [0.5, 0.6) is 0 Å². The smallest absolute Gasteiger partial charge is 0.172 e. The molecule has 2 aromatic heterocycles. The number of aryl methyl sites for hydroxylation is 1. The van der Waals surface area contributed by atoms with E-state index >= 15 is 0 Å². The van der Waals surface area contributed by atoms with Gasteiger partial charge in [0.2, 0.25) is 0 Å². The second-order valence-electron chi connectivity index (χ2n) is 4.32. The summed E-state index contributed by atoms with van der Waals surface area (Å²) < 4.78 is 7.03. The van der Waals surface area contributed by atoms with Crippen LogP contribution in [0.4, 0.5) is 0 Å². The molecule has 5 nitrogen and oxygen atoms in total. The minimum absolute atomic E-state index is 0.323. The molecule has 0 unspecified atom stereocenters. The van der Waals surface area contributed by atoms with Crippen molar-refractivity contribution in [2.24, 2.45) is 5.92 Å². The van der Waals surface area contributed by atoms with Crippen molar-refractivity contribution >= 4 is 6.29 Å². The SMILES string of the molecule is CC(C)CCn1nnc(C=O)c1-c1ccco1. The highest BCUT2D eigenvalue weighted by Crippen LogP contribution is 2.22. The number of nitrogens with zero attached hydrogens (tertiary/aromatic N) is 3. The lowest BCUT2D eigenvalue weighted by molar-refractivity contribution is 0.111. The molecule has 0 bridgehead atoms. The molecule has 0 N–H and O–H groups in total. The molecule has 0 aliphatic heterocycles. The summed E-state index contributed by atoms with van der Waals surface area (Å²) in [5, 5.41) is 7.84. The van der Waals surface area contributed by atoms with Gasteiger partial charge in [0.05, 0.1) is 6.26 Å². The van der Waals surface area contributed by atoms with Crippen LogP contribution >= 0.6 is 0 Å². The maximum Gasteiger partial charge on any atom is 0.172 e. The Kier molecular flexibility index (Phi) is 3.37. The van der Waals surface area contributed by atoms with E-state index in [0.717, 1.165) is 13.0 Å². The van der Waals surface area contributed by atoms with Gasteiger partial charge in [0.1, 0.15) is 5.69 Å². The number of rotatable bonds is 5. The quantitative estimate of drug-likeness (QED) is 0.744. The zero-order valence-corrected chi connectivity index (χ0v) is 9.96. The van der Waals surface area contributed by atoms with Crippen molar-refractivity contribution in [3.05, 3.63) is 24.1 Å². The summed E-state index contributed by atoms with van der Waals surface area (Å²) in [7, 11) is 0.